The second kappa shape index (κ2) is 17.2. The van der Waals surface area contributed by atoms with Crippen molar-refractivity contribution in [3.05, 3.63) is 41.8 Å². The van der Waals surface area contributed by atoms with Gasteiger partial charge in [0.1, 0.15) is 41.3 Å². The van der Waals surface area contributed by atoms with Crippen molar-refractivity contribution in [1.29, 1.82) is 0 Å². The third-order valence-electron chi connectivity index (χ3n) is 11.1. The molecule has 4 aliphatic rings. The number of carbonyl (C=O) groups excluding carboxylic acids is 4. The molecule has 298 valence electrons. The van der Waals surface area contributed by atoms with Gasteiger partial charge in [0.2, 0.25) is 17.7 Å². The number of anilines is 1. The smallest absolute Gasteiger partial charge is 0.408 e. The zero-order valence-electron chi connectivity index (χ0n) is 31.6. The number of rotatable bonds is 9. The minimum Gasteiger partial charge on any atom is -0.488 e. The van der Waals surface area contributed by atoms with Crippen LogP contribution in [0.25, 0.3) is 22.3 Å². The van der Waals surface area contributed by atoms with Crippen LogP contribution < -0.4 is 20.7 Å². The molecule has 14 nitrogen and oxygen atoms in total. The molecular weight excluding hydrogens is 757 g/mol. The molecule has 5 atom stereocenters. The molecule has 4 heterocycles. The van der Waals surface area contributed by atoms with E-state index in [0.717, 1.165) is 55.2 Å². The molecular formula is C40H48N6O8S2. The number of pyridine rings is 1. The first kappa shape index (κ1) is 39.5. The Morgan fingerprint density at radius 3 is 2.64 bits per heavy atom. The lowest BCUT2D eigenvalue weighted by atomic mass is 10.0. The minimum atomic E-state index is -1.46. The van der Waals surface area contributed by atoms with Gasteiger partial charge in [-0.3, -0.25) is 14.4 Å². The fourth-order valence-corrected chi connectivity index (χ4v) is 9.19. The number of nitrogens with zero attached hydrogens (tertiary/aromatic N) is 3. The minimum absolute atomic E-state index is 0.0153. The molecule has 2 aromatic heterocycles. The van der Waals surface area contributed by atoms with Crippen LogP contribution in [0.2, 0.25) is 0 Å². The second-order valence-corrected chi connectivity index (χ2v) is 16.6. The summed E-state index contributed by atoms with van der Waals surface area (Å²) in [5, 5.41) is 21.7. The molecule has 7 rings (SSSR count). The lowest BCUT2D eigenvalue weighted by Gasteiger charge is -2.29. The van der Waals surface area contributed by atoms with E-state index in [0.29, 0.717) is 47.0 Å². The van der Waals surface area contributed by atoms with Crippen LogP contribution in [-0.2, 0) is 23.9 Å². The number of aliphatic carboxylic acids is 1. The normalized spacial score (nSPS) is 26.3. The van der Waals surface area contributed by atoms with Gasteiger partial charge in [-0.1, -0.05) is 38.0 Å². The number of carboxylic acids is 1. The number of hydrogen-bond acceptors (Lipinski definition) is 11. The second-order valence-electron chi connectivity index (χ2n) is 14.9. The molecule has 4 N–H and O–H groups in total. The largest absolute Gasteiger partial charge is 0.488 e. The Morgan fingerprint density at radius 1 is 1.07 bits per heavy atom. The number of carbonyl (C=O) groups is 5. The Labute approximate surface area is 333 Å². The summed E-state index contributed by atoms with van der Waals surface area (Å²) in [6.07, 6.45) is 11.8. The van der Waals surface area contributed by atoms with Crippen LogP contribution in [0, 0.1) is 5.92 Å². The summed E-state index contributed by atoms with van der Waals surface area (Å²) in [7, 11) is 0. The number of thiazole rings is 1. The number of thioether (sulfide) groups is 1. The molecule has 3 aromatic rings. The van der Waals surface area contributed by atoms with Gasteiger partial charge in [-0.2, -0.15) is 0 Å². The number of para-hydroxylation sites is 1. The Morgan fingerprint density at radius 2 is 1.88 bits per heavy atom. The highest BCUT2D eigenvalue weighted by atomic mass is 32.2. The van der Waals surface area contributed by atoms with E-state index >= 15 is 0 Å². The Balaban J connectivity index is 1.20. The molecule has 2 aliphatic carbocycles. The lowest BCUT2D eigenvalue weighted by Crippen LogP contribution is -2.56. The predicted octanol–water partition coefficient (Wildman–Crippen LogP) is 6.29. The van der Waals surface area contributed by atoms with E-state index in [1.165, 1.54) is 28.0 Å². The molecule has 4 amide bonds. The third kappa shape index (κ3) is 8.65. The van der Waals surface area contributed by atoms with Gasteiger partial charge in [0.05, 0.1) is 17.8 Å². The van der Waals surface area contributed by atoms with Crippen molar-refractivity contribution < 1.29 is 38.6 Å². The number of carboxylic acid groups (broad SMARTS) is 1. The van der Waals surface area contributed by atoms with Gasteiger partial charge in [-0.15, -0.1) is 23.1 Å². The summed E-state index contributed by atoms with van der Waals surface area (Å²) >= 11 is 2.81. The fraction of sp³-hybridized carbons (Fsp3) is 0.525. The number of ether oxygens (including phenoxy) is 2. The molecule has 2 aliphatic heterocycles. The highest BCUT2D eigenvalue weighted by Crippen LogP contribution is 2.46. The molecule has 16 heteroatoms. The van der Waals surface area contributed by atoms with Crippen molar-refractivity contribution in [1.82, 2.24) is 25.5 Å². The number of nitrogens with one attached hydrogen (secondary N) is 3. The number of benzene rings is 1. The van der Waals surface area contributed by atoms with Gasteiger partial charge >= 0.3 is 12.1 Å². The number of amides is 4. The summed E-state index contributed by atoms with van der Waals surface area (Å²) in [6.45, 7) is 1.78. The maximum absolute atomic E-state index is 14.6. The Bertz CT molecular complexity index is 2020. The summed E-state index contributed by atoms with van der Waals surface area (Å²) in [5.74, 6) is -2.20. The van der Waals surface area contributed by atoms with Crippen LogP contribution in [-0.4, -0.2) is 92.4 Å². The van der Waals surface area contributed by atoms with Crippen molar-refractivity contribution in [3.8, 4) is 17.1 Å². The average molecular weight is 805 g/mol. The maximum Gasteiger partial charge on any atom is 0.408 e. The van der Waals surface area contributed by atoms with Gasteiger partial charge in [-0.05, 0) is 69.8 Å². The SMILES string of the molecule is CCC(=O)Nc1nc(-c2cc(O[C@@H]3C[C@H]4C(=O)N[C@]5(C(=O)O)C[C@@H]5/C=C\CCCCC[C@@H](NC(=O)OC5CCCC5)C(=O)N4C3)c3cccc(SC)c3n2)cs1. The third-order valence-corrected chi connectivity index (χ3v) is 12.6. The van der Waals surface area contributed by atoms with E-state index in [1.807, 2.05) is 42.0 Å². The molecule has 56 heavy (non-hydrogen) atoms. The van der Waals surface area contributed by atoms with E-state index in [-0.39, 0.29) is 37.3 Å². The number of aromatic nitrogens is 2. The molecule has 0 bridgehead atoms. The number of allylic oxidation sites excluding steroid dienone is 1. The number of fused-ring (bicyclic) bond motifs is 3. The predicted molar refractivity (Wildman–Crippen MR) is 213 cm³/mol. The van der Waals surface area contributed by atoms with Crippen LogP contribution in [0.3, 0.4) is 0 Å². The summed E-state index contributed by atoms with van der Waals surface area (Å²) < 4.78 is 12.4. The highest BCUT2D eigenvalue weighted by molar-refractivity contribution is 7.98. The maximum atomic E-state index is 14.6. The van der Waals surface area contributed by atoms with Crippen LogP contribution >= 0.6 is 23.1 Å². The van der Waals surface area contributed by atoms with E-state index in [2.05, 4.69) is 20.9 Å². The quantitative estimate of drug-likeness (QED) is 0.141. The van der Waals surface area contributed by atoms with Crippen molar-refractivity contribution in [2.24, 2.45) is 5.92 Å². The van der Waals surface area contributed by atoms with Crippen molar-refractivity contribution in [2.75, 3.05) is 18.1 Å². The number of alkyl carbamates (subject to hydrolysis) is 1. The van der Waals surface area contributed by atoms with Crippen LogP contribution in [0.5, 0.6) is 5.75 Å². The van der Waals surface area contributed by atoms with E-state index < -0.39 is 47.6 Å². The molecule has 0 radical (unpaired) electrons. The molecule has 0 unspecified atom stereocenters. The Hall–Kier alpha value is -4.70. The van der Waals surface area contributed by atoms with Crippen molar-refractivity contribution in [3.63, 3.8) is 0 Å². The van der Waals surface area contributed by atoms with E-state index in [9.17, 15) is 29.1 Å². The van der Waals surface area contributed by atoms with Crippen molar-refractivity contribution >= 4 is 68.9 Å². The Kier molecular flexibility index (Phi) is 12.1. The van der Waals surface area contributed by atoms with Crippen LogP contribution in [0.1, 0.15) is 84.0 Å². The van der Waals surface area contributed by atoms with E-state index in [4.69, 9.17) is 14.5 Å². The average Bonchev–Trinajstić information content (AvgIpc) is 3.62. The first-order valence-corrected chi connectivity index (χ1v) is 21.6. The lowest BCUT2D eigenvalue weighted by molar-refractivity contribution is -0.145. The standard InChI is InChI=1S/C40H48N6O8S2/c1-3-33(47)44-38-42-29(22-56-38)28-19-31(26-15-11-17-32(55-2)34(26)41-28)53-25-18-30-35(48)45-40(37(50)51)20-23(40)12-7-5-4-6-8-16-27(36(49)46(30)21-25)43-39(52)54-24-13-9-10-14-24/h7,11-12,15,17,19,22-25,27,30H,3-6,8-10,13-14,16,18,20-21H2,1-2H3,(H,43,52)(H,45,48)(H,50,51)(H,42,44,47)/b12-7-/t23-,25+,27+,30-,40+/m0/s1. The summed E-state index contributed by atoms with van der Waals surface area (Å²) in [6, 6.07) is 5.52. The molecule has 1 aromatic carbocycles. The van der Waals surface area contributed by atoms with Crippen LogP contribution in [0.4, 0.5) is 9.93 Å². The first-order valence-electron chi connectivity index (χ1n) is 19.5. The monoisotopic (exact) mass is 804 g/mol. The highest BCUT2D eigenvalue weighted by Gasteiger charge is 2.61. The van der Waals surface area contributed by atoms with Crippen molar-refractivity contribution in [2.45, 2.75) is 119 Å². The van der Waals surface area contributed by atoms with E-state index in [1.54, 1.807) is 13.0 Å². The molecule has 0 spiro atoms. The zero-order chi connectivity index (χ0) is 39.4. The van der Waals surface area contributed by atoms with Gasteiger partial charge < -0.3 is 35.4 Å². The molecule has 3 fully saturated rings. The summed E-state index contributed by atoms with van der Waals surface area (Å²) in [4.78, 5) is 78.5. The molecule has 1 saturated heterocycles. The topological polar surface area (TPSA) is 189 Å². The van der Waals surface area contributed by atoms with Crippen LogP contribution in [0.15, 0.2) is 46.7 Å². The fourth-order valence-electron chi connectivity index (χ4n) is 7.90. The molecule has 2 saturated carbocycles. The number of hydrogen-bond donors (Lipinski definition) is 4. The van der Waals surface area contributed by atoms with Gasteiger partial charge in [0.25, 0.3) is 0 Å². The van der Waals surface area contributed by atoms with Gasteiger partial charge in [0, 0.05) is 40.5 Å². The summed E-state index contributed by atoms with van der Waals surface area (Å²) in [5.41, 5.74) is 0.285. The zero-order valence-corrected chi connectivity index (χ0v) is 33.2. The first-order chi connectivity index (χ1) is 27.1. The van der Waals surface area contributed by atoms with Gasteiger partial charge in [-0.25, -0.2) is 19.6 Å². The van der Waals surface area contributed by atoms with Gasteiger partial charge in [0.15, 0.2) is 5.13 Å².